The molecule has 0 amide bonds. The number of aromatic hydroxyl groups is 1. The molecule has 4 aromatic rings. The Morgan fingerprint density at radius 1 is 0.771 bits per heavy atom. The molecule has 3 aromatic carbocycles. The van der Waals surface area contributed by atoms with Gasteiger partial charge in [-0.3, -0.25) is 4.79 Å². The maximum absolute atomic E-state index is 13.8. The molecular weight excluding hydrogens is 445 g/mol. The first-order valence-corrected chi connectivity index (χ1v) is 10.3. The molecule has 0 aliphatic rings. The number of rotatable bonds is 8. The second kappa shape index (κ2) is 10.7. The zero-order valence-corrected chi connectivity index (χ0v) is 20.5. The minimum atomic E-state index is -0.359. The fraction of sp³-hybridized carbons (Fsp3) is 0.192. The first kappa shape index (κ1) is 25.9. The Morgan fingerprint density at radius 2 is 1.40 bits per heavy atom. The van der Waals surface area contributed by atoms with E-state index in [1.165, 1.54) is 34.5 Å². The van der Waals surface area contributed by atoms with Gasteiger partial charge in [0.1, 0.15) is 5.75 Å². The Hall–Kier alpha value is -3.73. The summed E-state index contributed by atoms with van der Waals surface area (Å²) in [5, 5.41) is 11.1. The largest absolute Gasteiger partial charge is 1.00 e. The number of hydrogen-bond donors (Lipinski definition) is 1. The second-order valence-electron chi connectivity index (χ2n) is 7.32. The molecule has 176 valence electrons. The number of aromatic nitrogens is 1. The molecule has 1 aromatic heterocycles. The van der Waals surface area contributed by atoms with Gasteiger partial charge in [0.25, 0.3) is 0 Å². The van der Waals surface area contributed by atoms with E-state index >= 15 is 0 Å². The summed E-state index contributed by atoms with van der Waals surface area (Å²) < 4.78 is 26.9. The third kappa shape index (κ3) is 4.51. The zero-order chi connectivity index (χ0) is 24.4. The van der Waals surface area contributed by atoms with Crippen molar-refractivity contribution in [1.29, 1.82) is 0 Å². The van der Waals surface area contributed by atoms with Crippen LogP contribution in [0.3, 0.4) is 0 Å². The van der Waals surface area contributed by atoms with Gasteiger partial charge in [-0.05, 0) is 41.5 Å². The van der Waals surface area contributed by atoms with Crippen molar-refractivity contribution in [1.82, 2.24) is 4.98 Å². The number of methoxy groups -OCH3 is 5. The minimum Gasteiger partial charge on any atom is -0.654 e. The number of ketones is 1. The Bertz CT molecular complexity index is 1350. The minimum absolute atomic E-state index is 0. The van der Waals surface area contributed by atoms with Crippen LogP contribution in [0.4, 0.5) is 0 Å². The average Bonchev–Trinajstić information content (AvgIpc) is 3.26. The molecule has 0 radical (unpaired) electrons. The van der Waals surface area contributed by atoms with Crippen molar-refractivity contribution in [3.05, 3.63) is 59.8 Å². The quantitative estimate of drug-likeness (QED) is 0.306. The third-order valence-electron chi connectivity index (χ3n) is 5.55. The molecular formula is C26H24LiNO7. The first-order valence-electron chi connectivity index (χ1n) is 10.3. The van der Waals surface area contributed by atoms with E-state index < -0.39 is 0 Å². The molecule has 4 rings (SSSR count). The van der Waals surface area contributed by atoms with E-state index in [0.29, 0.717) is 56.3 Å². The Labute approximate surface area is 214 Å². The number of carbonyl (C=O) groups is 1. The van der Waals surface area contributed by atoms with Gasteiger partial charge in [-0.25, -0.2) is 0 Å². The number of hydrogen-bond acceptors (Lipinski definition) is 7. The molecule has 35 heavy (non-hydrogen) atoms. The van der Waals surface area contributed by atoms with Crippen LogP contribution >= 0.6 is 0 Å². The fourth-order valence-electron chi connectivity index (χ4n) is 3.97. The predicted octanol–water partition coefficient (Wildman–Crippen LogP) is 1.45. The smallest absolute Gasteiger partial charge is 0.654 e. The van der Waals surface area contributed by atoms with Gasteiger partial charge in [0.2, 0.25) is 5.75 Å². The van der Waals surface area contributed by atoms with Crippen LogP contribution in [0.5, 0.6) is 34.5 Å². The SMILES string of the molecule is COc1ccc(-c2c(C(=O)c3cc(OC)c(OC)c(OC)c3)[n-]c3cccc(OC)c23)cc1O.[Li+]. The van der Waals surface area contributed by atoms with Crippen LogP contribution in [-0.2, 0) is 0 Å². The molecule has 0 aliphatic carbocycles. The summed E-state index contributed by atoms with van der Waals surface area (Å²) in [5.74, 6) is 1.53. The topological polar surface area (TPSA) is 97.6 Å². The molecule has 1 heterocycles. The van der Waals surface area contributed by atoms with Gasteiger partial charge in [0.05, 0.1) is 35.5 Å². The molecule has 0 unspecified atom stereocenters. The number of benzene rings is 3. The van der Waals surface area contributed by atoms with E-state index in [-0.39, 0.29) is 36.1 Å². The van der Waals surface area contributed by atoms with Crippen molar-refractivity contribution in [2.75, 3.05) is 35.5 Å². The number of carbonyl (C=O) groups excluding carboxylic acids is 1. The van der Waals surface area contributed by atoms with E-state index in [2.05, 4.69) is 4.98 Å². The molecule has 0 saturated carbocycles. The summed E-state index contributed by atoms with van der Waals surface area (Å²) in [6.07, 6.45) is 0. The monoisotopic (exact) mass is 469 g/mol. The van der Waals surface area contributed by atoms with E-state index in [1.807, 2.05) is 0 Å². The molecule has 8 nitrogen and oxygen atoms in total. The Balaban J connectivity index is 0.00000342. The normalized spacial score (nSPS) is 10.4. The summed E-state index contributed by atoms with van der Waals surface area (Å²) in [6, 6.07) is 13.5. The Kier molecular flexibility index (Phi) is 7.90. The van der Waals surface area contributed by atoms with Gasteiger partial charge >= 0.3 is 18.9 Å². The van der Waals surface area contributed by atoms with Crippen molar-refractivity contribution in [2.24, 2.45) is 0 Å². The molecule has 0 fully saturated rings. The van der Waals surface area contributed by atoms with Crippen molar-refractivity contribution in [3.8, 4) is 45.6 Å². The third-order valence-corrected chi connectivity index (χ3v) is 5.55. The van der Waals surface area contributed by atoms with Gasteiger partial charge in [0, 0.05) is 10.9 Å². The molecule has 9 heteroatoms. The van der Waals surface area contributed by atoms with Crippen LogP contribution in [-0.4, -0.2) is 46.4 Å². The molecule has 0 saturated heterocycles. The number of fused-ring (bicyclic) bond motifs is 1. The maximum Gasteiger partial charge on any atom is 1.00 e. The number of ether oxygens (including phenoxy) is 5. The predicted molar refractivity (Wildman–Crippen MR) is 127 cm³/mol. The van der Waals surface area contributed by atoms with Gasteiger partial charge in [-0.2, -0.15) is 0 Å². The summed E-state index contributed by atoms with van der Waals surface area (Å²) in [4.78, 5) is 18.5. The molecule has 1 N–H and O–H groups in total. The molecule has 0 aliphatic heterocycles. The van der Waals surface area contributed by atoms with Gasteiger partial charge < -0.3 is 33.8 Å². The Morgan fingerprint density at radius 3 is 1.94 bits per heavy atom. The molecule has 0 bridgehead atoms. The molecule has 0 spiro atoms. The van der Waals surface area contributed by atoms with Crippen molar-refractivity contribution < 1.29 is 52.4 Å². The van der Waals surface area contributed by atoms with Crippen LogP contribution in [0.25, 0.3) is 22.0 Å². The van der Waals surface area contributed by atoms with Gasteiger partial charge in [0.15, 0.2) is 28.8 Å². The number of nitrogens with zero attached hydrogens (tertiary/aromatic N) is 1. The van der Waals surface area contributed by atoms with Crippen LogP contribution in [0.1, 0.15) is 16.1 Å². The summed E-state index contributed by atoms with van der Waals surface area (Å²) in [5.41, 5.74) is 2.19. The zero-order valence-electron chi connectivity index (χ0n) is 20.5. The van der Waals surface area contributed by atoms with Crippen molar-refractivity contribution >= 4 is 16.7 Å². The first-order chi connectivity index (χ1) is 16.5. The summed E-state index contributed by atoms with van der Waals surface area (Å²) in [6.45, 7) is 0. The second-order valence-corrected chi connectivity index (χ2v) is 7.32. The van der Waals surface area contributed by atoms with E-state index in [9.17, 15) is 9.90 Å². The van der Waals surface area contributed by atoms with Gasteiger partial charge in [-0.15, -0.1) is 5.52 Å². The van der Waals surface area contributed by atoms with E-state index in [4.69, 9.17) is 23.7 Å². The van der Waals surface area contributed by atoms with Crippen LogP contribution < -0.4 is 47.5 Å². The summed E-state index contributed by atoms with van der Waals surface area (Å²) in [7, 11) is 7.48. The van der Waals surface area contributed by atoms with E-state index in [1.54, 1.807) is 49.6 Å². The maximum atomic E-state index is 13.8. The standard InChI is InChI=1S/C26H25NO7.Li/c1-30-18-10-9-14(11-17(18)28)22-23-16(7-6-8-19(23)31-2)27-24(22)25(29)15-12-20(32-3)26(34-5)21(13-15)33-4;/h6-13H,1-5H3,(H2,27,28,29);/q;+1/p-1. The van der Waals surface area contributed by atoms with Crippen molar-refractivity contribution in [3.63, 3.8) is 0 Å². The van der Waals surface area contributed by atoms with Crippen LogP contribution in [0.15, 0.2) is 48.5 Å². The average molecular weight is 469 g/mol. The fourth-order valence-corrected chi connectivity index (χ4v) is 3.97. The van der Waals surface area contributed by atoms with Crippen LogP contribution in [0, 0.1) is 0 Å². The summed E-state index contributed by atoms with van der Waals surface area (Å²) >= 11 is 0. The van der Waals surface area contributed by atoms with Crippen molar-refractivity contribution in [2.45, 2.75) is 0 Å². The van der Waals surface area contributed by atoms with E-state index in [0.717, 1.165) is 0 Å². The molecule has 0 atom stereocenters. The van der Waals surface area contributed by atoms with Crippen LogP contribution in [0.2, 0.25) is 0 Å². The van der Waals surface area contributed by atoms with Gasteiger partial charge in [-0.1, -0.05) is 23.9 Å². The number of phenolic OH excluding ortho intramolecular Hbond substituents is 1. The number of phenols is 1.